The highest BCUT2D eigenvalue weighted by molar-refractivity contribution is 5.84. The van der Waals surface area contributed by atoms with E-state index in [1.807, 2.05) is 0 Å². The van der Waals surface area contributed by atoms with Crippen molar-refractivity contribution in [2.45, 2.75) is 12.5 Å². The molecule has 1 aromatic rings. The topological polar surface area (TPSA) is 99.5 Å². The standard InChI is InChI=1S/C10H12N2O4/c13-6-8(10(15)16)12-9(14)5-7-3-1-2-4-11-7/h1-4,8,13H,5-6H2,(H,12,14)(H,15,16)/t8-/m0/s1. The fraction of sp³-hybridized carbons (Fsp3) is 0.300. The van der Waals surface area contributed by atoms with Crippen molar-refractivity contribution in [1.82, 2.24) is 10.3 Å². The molecule has 0 aromatic carbocycles. The number of carboxylic acids is 1. The number of aliphatic hydroxyl groups excluding tert-OH is 1. The number of hydrogen-bond donors (Lipinski definition) is 3. The Morgan fingerprint density at radius 2 is 2.19 bits per heavy atom. The second kappa shape index (κ2) is 5.82. The Balaban J connectivity index is 2.50. The lowest BCUT2D eigenvalue weighted by atomic mass is 10.2. The number of carboxylic acid groups (broad SMARTS) is 1. The highest BCUT2D eigenvalue weighted by Gasteiger charge is 2.18. The number of aromatic nitrogens is 1. The lowest BCUT2D eigenvalue weighted by Crippen LogP contribution is -2.44. The van der Waals surface area contributed by atoms with E-state index in [2.05, 4.69) is 10.3 Å². The number of aliphatic hydroxyl groups is 1. The van der Waals surface area contributed by atoms with E-state index in [1.165, 1.54) is 0 Å². The molecule has 0 saturated heterocycles. The van der Waals surface area contributed by atoms with Crippen LogP contribution in [0, 0.1) is 0 Å². The fourth-order valence-corrected chi connectivity index (χ4v) is 1.10. The van der Waals surface area contributed by atoms with Crippen molar-refractivity contribution < 1.29 is 19.8 Å². The average molecular weight is 224 g/mol. The number of carbonyl (C=O) groups is 2. The summed E-state index contributed by atoms with van der Waals surface area (Å²) in [5, 5.41) is 19.5. The molecule has 0 saturated carbocycles. The van der Waals surface area contributed by atoms with Crippen LogP contribution in [0.5, 0.6) is 0 Å². The van der Waals surface area contributed by atoms with Crippen LogP contribution in [-0.4, -0.2) is 39.7 Å². The minimum Gasteiger partial charge on any atom is -0.480 e. The first-order chi connectivity index (χ1) is 7.63. The van der Waals surface area contributed by atoms with Gasteiger partial charge < -0.3 is 15.5 Å². The Hall–Kier alpha value is -1.95. The third-order valence-corrected chi connectivity index (χ3v) is 1.88. The zero-order valence-electron chi connectivity index (χ0n) is 8.46. The Bertz CT molecular complexity index is 366. The second-order valence-electron chi connectivity index (χ2n) is 3.14. The van der Waals surface area contributed by atoms with Crippen LogP contribution >= 0.6 is 0 Å². The molecule has 0 aliphatic carbocycles. The molecule has 0 aliphatic rings. The number of rotatable bonds is 5. The van der Waals surface area contributed by atoms with Crippen LogP contribution in [0.3, 0.4) is 0 Å². The van der Waals surface area contributed by atoms with Crippen LogP contribution in [0.15, 0.2) is 24.4 Å². The van der Waals surface area contributed by atoms with Gasteiger partial charge >= 0.3 is 5.97 Å². The number of pyridine rings is 1. The maximum absolute atomic E-state index is 11.4. The van der Waals surface area contributed by atoms with Gasteiger partial charge in [0.15, 0.2) is 0 Å². The summed E-state index contributed by atoms with van der Waals surface area (Å²) >= 11 is 0. The number of nitrogens with zero attached hydrogens (tertiary/aromatic N) is 1. The molecule has 16 heavy (non-hydrogen) atoms. The van der Waals surface area contributed by atoms with Crippen LogP contribution in [0.4, 0.5) is 0 Å². The Kier molecular flexibility index (Phi) is 4.41. The van der Waals surface area contributed by atoms with Crippen molar-refractivity contribution in [3.05, 3.63) is 30.1 Å². The minimum absolute atomic E-state index is 0.00931. The third-order valence-electron chi connectivity index (χ3n) is 1.88. The van der Waals surface area contributed by atoms with E-state index in [4.69, 9.17) is 10.2 Å². The quantitative estimate of drug-likeness (QED) is 0.607. The van der Waals surface area contributed by atoms with Gasteiger partial charge in [-0.25, -0.2) is 4.79 Å². The molecule has 6 nitrogen and oxygen atoms in total. The summed E-state index contributed by atoms with van der Waals surface area (Å²) in [4.78, 5) is 25.8. The van der Waals surface area contributed by atoms with Gasteiger partial charge in [0.1, 0.15) is 6.04 Å². The predicted octanol–water partition coefficient (Wildman–Crippen LogP) is -0.814. The molecule has 1 amide bonds. The molecule has 1 aromatic heterocycles. The molecule has 0 spiro atoms. The summed E-state index contributed by atoms with van der Waals surface area (Å²) < 4.78 is 0. The van der Waals surface area contributed by atoms with Gasteiger partial charge in [0.25, 0.3) is 0 Å². The van der Waals surface area contributed by atoms with E-state index in [0.29, 0.717) is 5.69 Å². The molecule has 0 bridgehead atoms. The van der Waals surface area contributed by atoms with Crippen molar-refractivity contribution in [1.29, 1.82) is 0 Å². The van der Waals surface area contributed by atoms with Gasteiger partial charge in [0.2, 0.25) is 5.91 Å². The highest BCUT2D eigenvalue weighted by Crippen LogP contribution is 1.95. The van der Waals surface area contributed by atoms with Crippen LogP contribution in [-0.2, 0) is 16.0 Å². The van der Waals surface area contributed by atoms with E-state index in [9.17, 15) is 9.59 Å². The molecule has 0 unspecified atom stereocenters. The summed E-state index contributed by atoms with van der Waals surface area (Å²) in [5.41, 5.74) is 0.544. The molecule has 86 valence electrons. The third kappa shape index (κ3) is 3.66. The maximum Gasteiger partial charge on any atom is 0.328 e. The summed E-state index contributed by atoms with van der Waals surface area (Å²) in [6, 6.07) is 3.84. The van der Waals surface area contributed by atoms with E-state index in [-0.39, 0.29) is 6.42 Å². The maximum atomic E-state index is 11.4. The largest absolute Gasteiger partial charge is 0.480 e. The zero-order valence-corrected chi connectivity index (χ0v) is 8.46. The monoisotopic (exact) mass is 224 g/mol. The predicted molar refractivity (Wildman–Crippen MR) is 54.6 cm³/mol. The van der Waals surface area contributed by atoms with Crippen LogP contribution in [0.1, 0.15) is 5.69 Å². The van der Waals surface area contributed by atoms with Gasteiger partial charge in [0, 0.05) is 11.9 Å². The molecule has 1 atom stereocenters. The van der Waals surface area contributed by atoms with Crippen molar-refractivity contribution in [2.24, 2.45) is 0 Å². The fourth-order valence-electron chi connectivity index (χ4n) is 1.10. The van der Waals surface area contributed by atoms with E-state index in [0.717, 1.165) is 0 Å². The number of carbonyl (C=O) groups excluding carboxylic acids is 1. The van der Waals surface area contributed by atoms with Crippen molar-refractivity contribution in [3.63, 3.8) is 0 Å². The molecule has 3 N–H and O–H groups in total. The molecule has 0 radical (unpaired) electrons. The summed E-state index contributed by atoms with van der Waals surface area (Å²) in [6.45, 7) is -0.636. The molecule has 1 heterocycles. The zero-order chi connectivity index (χ0) is 12.0. The first-order valence-electron chi connectivity index (χ1n) is 4.66. The van der Waals surface area contributed by atoms with E-state index >= 15 is 0 Å². The van der Waals surface area contributed by atoms with E-state index in [1.54, 1.807) is 24.4 Å². The smallest absolute Gasteiger partial charge is 0.328 e. The number of nitrogens with one attached hydrogen (secondary N) is 1. The Morgan fingerprint density at radius 1 is 1.44 bits per heavy atom. The highest BCUT2D eigenvalue weighted by atomic mass is 16.4. The molecular formula is C10H12N2O4. The van der Waals surface area contributed by atoms with Crippen molar-refractivity contribution >= 4 is 11.9 Å². The first kappa shape index (κ1) is 12.1. The molecule has 0 fully saturated rings. The number of hydrogen-bond acceptors (Lipinski definition) is 4. The molecule has 6 heteroatoms. The molecular weight excluding hydrogens is 212 g/mol. The molecule has 0 aliphatic heterocycles. The van der Waals surface area contributed by atoms with Gasteiger partial charge in [-0.2, -0.15) is 0 Å². The Morgan fingerprint density at radius 3 is 2.69 bits per heavy atom. The van der Waals surface area contributed by atoms with Crippen LogP contribution in [0.2, 0.25) is 0 Å². The van der Waals surface area contributed by atoms with Crippen LogP contribution in [0.25, 0.3) is 0 Å². The van der Waals surface area contributed by atoms with E-state index < -0.39 is 24.5 Å². The normalized spacial score (nSPS) is 11.8. The first-order valence-corrected chi connectivity index (χ1v) is 4.66. The average Bonchev–Trinajstić information content (AvgIpc) is 2.27. The SMILES string of the molecule is O=C(Cc1ccccn1)N[C@@H](CO)C(=O)O. The number of amides is 1. The van der Waals surface area contributed by atoms with Gasteiger partial charge in [-0.15, -0.1) is 0 Å². The summed E-state index contributed by atoms with van der Waals surface area (Å²) in [7, 11) is 0. The lowest BCUT2D eigenvalue weighted by Gasteiger charge is -2.10. The van der Waals surface area contributed by atoms with Gasteiger partial charge in [0.05, 0.1) is 13.0 Å². The number of aliphatic carboxylic acids is 1. The lowest BCUT2D eigenvalue weighted by molar-refractivity contribution is -0.142. The summed E-state index contributed by atoms with van der Waals surface area (Å²) in [6.07, 6.45) is 1.54. The Labute approximate surface area is 91.9 Å². The minimum atomic E-state index is -1.27. The molecule has 1 rings (SSSR count). The van der Waals surface area contributed by atoms with Gasteiger partial charge in [-0.1, -0.05) is 6.07 Å². The van der Waals surface area contributed by atoms with Crippen molar-refractivity contribution in [3.8, 4) is 0 Å². The van der Waals surface area contributed by atoms with Gasteiger partial charge in [-0.05, 0) is 12.1 Å². The van der Waals surface area contributed by atoms with Gasteiger partial charge in [-0.3, -0.25) is 9.78 Å². The summed E-state index contributed by atoms with van der Waals surface area (Å²) in [5.74, 6) is -1.75. The van der Waals surface area contributed by atoms with Crippen LogP contribution < -0.4 is 5.32 Å². The second-order valence-corrected chi connectivity index (χ2v) is 3.14. The van der Waals surface area contributed by atoms with Crippen molar-refractivity contribution in [2.75, 3.05) is 6.61 Å².